The van der Waals surface area contributed by atoms with Crippen molar-refractivity contribution in [2.75, 3.05) is 30.3 Å². The van der Waals surface area contributed by atoms with Gasteiger partial charge in [0.05, 0.1) is 22.2 Å². The molecule has 1 heterocycles. The summed E-state index contributed by atoms with van der Waals surface area (Å²) in [5.74, 6) is -0.240. The Balaban J connectivity index is 1.57. The molecule has 150 valence electrons. The zero-order chi connectivity index (χ0) is 20.1. The number of amides is 1. The molecule has 1 amide bonds. The summed E-state index contributed by atoms with van der Waals surface area (Å²) in [5.41, 5.74) is 2.24. The number of aryl methyl sites for hydroxylation is 1. The second kappa shape index (κ2) is 8.94. The van der Waals surface area contributed by atoms with Gasteiger partial charge < -0.3 is 10.6 Å². The monoisotopic (exact) mass is 421 g/mol. The molecule has 6 nitrogen and oxygen atoms in total. The van der Waals surface area contributed by atoms with Crippen LogP contribution in [0.25, 0.3) is 0 Å². The Morgan fingerprint density at radius 3 is 2.39 bits per heavy atom. The highest BCUT2D eigenvalue weighted by Crippen LogP contribution is 2.23. The van der Waals surface area contributed by atoms with Gasteiger partial charge in [0.1, 0.15) is 0 Å². The molecular formula is C20H24ClN3O3S. The number of halogens is 1. The Bertz CT molecular complexity index is 940. The number of carbonyl (C=O) groups is 1. The van der Waals surface area contributed by atoms with Crippen molar-refractivity contribution >= 4 is 38.9 Å². The van der Waals surface area contributed by atoms with E-state index in [0.717, 1.165) is 24.8 Å². The molecule has 0 radical (unpaired) electrons. The van der Waals surface area contributed by atoms with Gasteiger partial charge in [-0.2, -0.15) is 4.31 Å². The second-order valence-corrected chi connectivity index (χ2v) is 9.22. The van der Waals surface area contributed by atoms with Gasteiger partial charge in [0, 0.05) is 18.8 Å². The second-order valence-electron chi connectivity index (χ2n) is 6.87. The third-order valence-electron chi connectivity index (χ3n) is 4.66. The van der Waals surface area contributed by atoms with Crippen LogP contribution in [-0.2, 0) is 14.8 Å². The quantitative estimate of drug-likeness (QED) is 0.742. The molecule has 0 spiro atoms. The van der Waals surface area contributed by atoms with Crippen LogP contribution in [0.4, 0.5) is 11.4 Å². The van der Waals surface area contributed by atoms with E-state index >= 15 is 0 Å². The first-order valence-electron chi connectivity index (χ1n) is 9.26. The van der Waals surface area contributed by atoms with Crippen LogP contribution >= 0.6 is 11.6 Å². The molecule has 2 aromatic rings. The molecule has 1 fully saturated rings. The number of piperidine rings is 1. The fourth-order valence-electron chi connectivity index (χ4n) is 3.10. The SMILES string of the molecule is Cc1ccc(NC(=O)CNc2ccc(S(=O)(=O)N3CCCCC3)cc2)c(Cl)c1. The minimum absolute atomic E-state index is 0.0441. The van der Waals surface area contributed by atoms with Crippen molar-refractivity contribution < 1.29 is 13.2 Å². The van der Waals surface area contributed by atoms with Crippen LogP contribution in [0.2, 0.25) is 5.02 Å². The maximum atomic E-state index is 12.7. The molecule has 2 N–H and O–H groups in total. The van der Waals surface area contributed by atoms with E-state index in [9.17, 15) is 13.2 Å². The lowest BCUT2D eigenvalue weighted by atomic mass is 10.2. The Morgan fingerprint density at radius 1 is 1.07 bits per heavy atom. The molecule has 0 saturated carbocycles. The van der Waals surface area contributed by atoms with E-state index in [4.69, 9.17) is 11.6 Å². The van der Waals surface area contributed by atoms with Crippen LogP contribution < -0.4 is 10.6 Å². The van der Waals surface area contributed by atoms with Crippen molar-refractivity contribution in [1.29, 1.82) is 0 Å². The molecular weight excluding hydrogens is 398 g/mol. The average Bonchev–Trinajstić information content (AvgIpc) is 2.69. The molecule has 0 aromatic heterocycles. The molecule has 0 bridgehead atoms. The molecule has 1 saturated heterocycles. The lowest BCUT2D eigenvalue weighted by molar-refractivity contribution is -0.114. The third kappa shape index (κ3) is 5.04. The van der Waals surface area contributed by atoms with E-state index in [2.05, 4.69) is 10.6 Å². The van der Waals surface area contributed by atoms with E-state index in [1.54, 1.807) is 36.4 Å². The molecule has 0 unspecified atom stereocenters. The summed E-state index contributed by atoms with van der Waals surface area (Å²) in [7, 11) is -3.45. The Labute approximate surface area is 170 Å². The number of nitrogens with one attached hydrogen (secondary N) is 2. The summed E-state index contributed by atoms with van der Waals surface area (Å²) in [5, 5.41) is 6.23. The summed E-state index contributed by atoms with van der Waals surface area (Å²) in [6.45, 7) is 3.12. The van der Waals surface area contributed by atoms with Crippen molar-refractivity contribution in [1.82, 2.24) is 4.31 Å². The number of sulfonamides is 1. The van der Waals surface area contributed by atoms with Crippen molar-refractivity contribution in [2.24, 2.45) is 0 Å². The Kier molecular flexibility index (Phi) is 6.59. The minimum Gasteiger partial charge on any atom is -0.376 e. The number of hydrogen-bond donors (Lipinski definition) is 2. The van der Waals surface area contributed by atoms with Crippen LogP contribution in [0, 0.1) is 6.92 Å². The molecule has 3 rings (SSSR count). The van der Waals surface area contributed by atoms with E-state index < -0.39 is 10.0 Å². The van der Waals surface area contributed by atoms with Crippen molar-refractivity contribution in [3.63, 3.8) is 0 Å². The molecule has 8 heteroatoms. The molecule has 2 aromatic carbocycles. The van der Waals surface area contributed by atoms with Crippen LogP contribution in [-0.4, -0.2) is 38.3 Å². The highest BCUT2D eigenvalue weighted by Gasteiger charge is 2.25. The fourth-order valence-corrected chi connectivity index (χ4v) is 4.90. The predicted octanol–water partition coefficient (Wildman–Crippen LogP) is 3.87. The first kappa shape index (κ1) is 20.6. The van der Waals surface area contributed by atoms with Crippen molar-refractivity contribution in [2.45, 2.75) is 31.1 Å². The van der Waals surface area contributed by atoms with E-state index in [1.807, 2.05) is 13.0 Å². The summed E-state index contributed by atoms with van der Waals surface area (Å²) in [6, 6.07) is 11.9. The Hall–Kier alpha value is -2.09. The van der Waals surface area contributed by atoms with Crippen LogP contribution in [0.15, 0.2) is 47.4 Å². The van der Waals surface area contributed by atoms with Gasteiger partial charge in [0.15, 0.2) is 0 Å². The number of anilines is 2. The molecule has 0 aliphatic carbocycles. The normalized spacial score (nSPS) is 15.2. The van der Waals surface area contributed by atoms with E-state index in [0.29, 0.717) is 29.5 Å². The van der Waals surface area contributed by atoms with Gasteiger partial charge in [0.25, 0.3) is 0 Å². The number of rotatable bonds is 6. The van der Waals surface area contributed by atoms with Gasteiger partial charge in [-0.15, -0.1) is 0 Å². The summed E-state index contributed by atoms with van der Waals surface area (Å²) in [4.78, 5) is 12.4. The zero-order valence-electron chi connectivity index (χ0n) is 15.7. The standard InChI is InChI=1S/C20H24ClN3O3S/c1-15-5-10-19(18(21)13-15)23-20(25)14-22-16-6-8-17(9-7-16)28(26,27)24-11-3-2-4-12-24/h5-10,13,22H,2-4,11-12,14H2,1H3,(H,23,25). The van der Waals surface area contributed by atoms with Crippen molar-refractivity contribution in [3.05, 3.63) is 53.1 Å². The van der Waals surface area contributed by atoms with Gasteiger partial charge in [-0.3, -0.25) is 4.79 Å². The molecule has 28 heavy (non-hydrogen) atoms. The minimum atomic E-state index is -3.45. The smallest absolute Gasteiger partial charge is 0.243 e. The first-order valence-corrected chi connectivity index (χ1v) is 11.1. The van der Waals surface area contributed by atoms with Gasteiger partial charge >= 0.3 is 0 Å². The van der Waals surface area contributed by atoms with E-state index in [-0.39, 0.29) is 17.3 Å². The summed E-state index contributed by atoms with van der Waals surface area (Å²) < 4.78 is 26.8. The topological polar surface area (TPSA) is 78.5 Å². The van der Waals surface area contributed by atoms with Crippen LogP contribution in [0.3, 0.4) is 0 Å². The van der Waals surface area contributed by atoms with Crippen LogP contribution in [0.1, 0.15) is 24.8 Å². The number of hydrogen-bond acceptors (Lipinski definition) is 4. The van der Waals surface area contributed by atoms with Crippen LogP contribution in [0.5, 0.6) is 0 Å². The lowest BCUT2D eigenvalue weighted by Crippen LogP contribution is -2.35. The maximum Gasteiger partial charge on any atom is 0.243 e. The van der Waals surface area contributed by atoms with Gasteiger partial charge in [-0.25, -0.2) is 8.42 Å². The number of carbonyl (C=O) groups excluding carboxylic acids is 1. The largest absolute Gasteiger partial charge is 0.376 e. The number of nitrogens with zero attached hydrogens (tertiary/aromatic N) is 1. The summed E-state index contributed by atoms with van der Waals surface area (Å²) >= 11 is 6.12. The van der Waals surface area contributed by atoms with Gasteiger partial charge in [-0.1, -0.05) is 24.1 Å². The fraction of sp³-hybridized carbons (Fsp3) is 0.350. The molecule has 1 aliphatic heterocycles. The van der Waals surface area contributed by atoms with Gasteiger partial charge in [0.2, 0.25) is 15.9 Å². The third-order valence-corrected chi connectivity index (χ3v) is 6.88. The first-order chi connectivity index (χ1) is 13.4. The number of benzene rings is 2. The highest BCUT2D eigenvalue weighted by atomic mass is 35.5. The highest BCUT2D eigenvalue weighted by molar-refractivity contribution is 7.89. The molecule has 0 atom stereocenters. The van der Waals surface area contributed by atoms with Crippen molar-refractivity contribution in [3.8, 4) is 0 Å². The summed E-state index contributed by atoms with van der Waals surface area (Å²) in [6.07, 6.45) is 2.88. The van der Waals surface area contributed by atoms with E-state index in [1.165, 1.54) is 4.31 Å². The average molecular weight is 422 g/mol. The zero-order valence-corrected chi connectivity index (χ0v) is 17.3. The lowest BCUT2D eigenvalue weighted by Gasteiger charge is -2.25. The van der Waals surface area contributed by atoms with Gasteiger partial charge in [-0.05, 0) is 61.7 Å². The predicted molar refractivity (Wildman–Crippen MR) is 112 cm³/mol. The Morgan fingerprint density at radius 2 is 1.75 bits per heavy atom. The maximum absolute atomic E-state index is 12.7. The molecule has 1 aliphatic rings.